The number of carboxylic acids is 1. The number of halogens is 2. The van der Waals surface area contributed by atoms with Gasteiger partial charge in [-0.1, -0.05) is 0 Å². The lowest BCUT2D eigenvalue weighted by molar-refractivity contribution is -0.142. The molecule has 0 spiro atoms. The minimum Gasteiger partial charge on any atom is -0.480 e. The molecule has 8 heteroatoms. The van der Waals surface area contributed by atoms with Crippen molar-refractivity contribution in [2.45, 2.75) is 23.5 Å². The lowest BCUT2D eigenvalue weighted by Gasteiger charge is -2.21. The van der Waals surface area contributed by atoms with E-state index in [0.29, 0.717) is 4.31 Å². The summed E-state index contributed by atoms with van der Waals surface area (Å²) in [6.07, 6.45) is -1.91. The van der Waals surface area contributed by atoms with Crippen molar-refractivity contribution in [1.29, 1.82) is 0 Å². The third kappa shape index (κ3) is 2.45. The molecule has 0 bridgehead atoms. The Morgan fingerprint density at radius 3 is 2.42 bits per heavy atom. The van der Waals surface area contributed by atoms with Crippen molar-refractivity contribution in [3.63, 3.8) is 0 Å². The SMILES string of the molecule is O=C(O)[C@@H]1[C@@H](F)CCN1S(=O)(=O)c1ccc(F)cc1. The van der Waals surface area contributed by atoms with Crippen molar-refractivity contribution in [2.75, 3.05) is 6.54 Å². The van der Waals surface area contributed by atoms with Gasteiger partial charge in [-0.15, -0.1) is 0 Å². The van der Waals surface area contributed by atoms with Gasteiger partial charge in [0, 0.05) is 6.54 Å². The fourth-order valence-corrected chi connectivity index (χ4v) is 3.64. The van der Waals surface area contributed by atoms with E-state index in [4.69, 9.17) is 5.11 Å². The van der Waals surface area contributed by atoms with E-state index in [1.54, 1.807) is 0 Å². The standard InChI is InChI=1S/C11H11F2NO4S/c12-7-1-3-8(4-2-7)19(17,18)14-6-5-9(13)10(14)11(15)16/h1-4,9-10H,5-6H2,(H,15,16)/t9-,10-/m0/s1. The van der Waals surface area contributed by atoms with E-state index in [1.165, 1.54) is 0 Å². The second kappa shape index (κ2) is 4.86. The van der Waals surface area contributed by atoms with E-state index in [1.807, 2.05) is 0 Å². The molecule has 19 heavy (non-hydrogen) atoms. The summed E-state index contributed by atoms with van der Waals surface area (Å²) in [5, 5.41) is 8.90. The molecule has 1 heterocycles. The van der Waals surface area contributed by atoms with Crippen LogP contribution in [0.3, 0.4) is 0 Å². The Balaban J connectivity index is 2.39. The number of hydrogen-bond acceptors (Lipinski definition) is 3. The highest BCUT2D eigenvalue weighted by Gasteiger charge is 2.46. The van der Waals surface area contributed by atoms with Gasteiger partial charge in [-0.05, 0) is 30.7 Å². The molecular formula is C11H11F2NO4S. The normalized spacial score (nSPS) is 24.5. The van der Waals surface area contributed by atoms with Crippen molar-refractivity contribution < 1.29 is 27.1 Å². The Kier molecular flexibility index (Phi) is 3.55. The van der Waals surface area contributed by atoms with Crippen LogP contribution in [0.1, 0.15) is 6.42 Å². The van der Waals surface area contributed by atoms with Gasteiger partial charge in [0.2, 0.25) is 10.0 Å². The van der Waals surface area contributed by atoms with Crippen LogP contribution >= 0.6 is 0 Å². The van der Waals surface area contributed by atoms with E-state index in [-0.39, 0.29) is 17.9 Å². The van der Waals surface area contributed by atoms with Crippen LogP contribution in [0.5, 0.6) is 0 Å². The molecule has 1 fully saturated rings. The molecule has 0 aliphatic carbocycles. The largest absolute Gasteiger partial charge is 0.480 e. The minimum absolute atomic E-state index is 0.169. The first-order chi connectivity index (χ1) is 8.84. The van der Waals surface area contributed by atoms with Crippen LogP contribution in [0.15, 0.2) is 29.2 Å². The average Bonchev–Trinajstić information content (AvgIpc) is 2.72. The Labute approximate surface area is 108 Å². The molecule has 1 aromatic rings. The maximum Gasteiger partial charge on any atom is 0.325 e. The summed E-state index contributed by atoms with van der Waals surface area (Å²) in [5.41, 5.74) is 0. The van der Waals surface area contributed by atoms with Crippen LogP contribution in [0, 0.1) is 5.82 Å². The topological polar surface area (TPSA) is 74.7 Å². The number of benzene rings is 1. The first-order valence-corrected chi connectivity index (χ1v) is 6.92. The summed E-state index contributed by atoms with van der Waals surface area (Å²) >= 11 is 0. The number of rotatable bonds is 3. The second-order valence-corrected chi connectivity index (χ2v) is 6.05. The Bertz CT molecular complexity index is 587. The van der Waals surface area contributed by atoms with E-state index < -0.39 is 34.0 Å². The molecule has 1 N–H and O–H groups in total. The van der Waals surface area contributed by atoms with Crippen LogP contribution in [-0.2, 0) is 14.8 Å². The average molecular weight is 291 g/mol. The van der Waals surface area contributed by atoms with Crippen molar-refractivity contribution in [1.82, 2.24) is 4.31 Å². The van der Waals surface area contributed by atoms with Crippen LogP contribution in [-0.4, -0.2) is 42.6 Å². The van der Waals surface area contributed by atoms with Crippen LogP contribution in [0.4, 0.5) is 8.78 Å². The molecule has 1 aromatic carbocycles. The number of carboxylic acid groups (broad SMARTS) is 1. The van der Waals surface area contributed by atoms with Gasteiger partial charge in [0.1, 0.15) is 12.0 Å². The predicted octanol–water partition coefficient (Wildman–Crippen LogP) is 1.01. The molecule has 1 saturated heterocycles. The number of carbonyl (C=O) groups is 1. The van der Waals surface area contributed by atoms with E-state index in [2.05, 4.69) is 0 Å². The summed E-state index contributed by atoms with van der Waals surface area (Å²) in [6, 6.07) is 2.22. The monoisotopic (exact) mass is 291 g/mol. The maximum absolute atomic E-state index is 13.5. The van der Waals surface area contributed by atoms with Gasteiger partial charge < -0.3 is 5.11 Å². The number of hydrogen-bond donors (Lipinski definition) is 1. The minimum atomic E-state index is -4.14. The molecule has 5 nitrogen and oxygen atoms in total. The Morgan fingerprint density at radius 2 is 1.89 bits per heavy atom. The van der Waals surface area contributed by atoms with Crippen LogP contribution < -0.4 is 0 Å². The number of nitrogens with zero attached hydrogens (tertiary/aromatic N) is 1. The highest BCUT2D eigenvalue weighted by molar-refractivity contribution is 7.89. The maximum atomic E-state index is 13.5. The lowest BCUT2D eigenvalue weighted by atomic mass is 10.2. The van der Waals surface area contributed by atoms with Crippen molar-refractivity contribution in [3.8, 4) is 0 Å². The zero-order chi connectivity index (χ0) is 14.2. The van der Waals surface area contributed by atoms with Gasteiger partial charge in [0.15, 0.2) is 6.04 Å². The number of aliphatic carboxylic acids is 1. The molecule has 0 radical (unpaired) electrons. The van der Waals surface area contributed by atoms with Crippen molar-refractivity contribution in [3.05, 3.63) is 30.1 Å². The molecule has 0 aromatic heterocycles. The zero-order valence-electron chi connectivity index (χ0n) is 9.66. The first-order valence-electron chi connectivity index (χ1n) is 5.48. The fraction of sp³-hybridized carbons (Fsp3) is 0.364. The Morgan fingerprint density at radius 1 is 1.32 bits per heavy atom. The molecule has 1 aliphatic rings. The summed E-state index contributed by atoms with van der Waals surface area (Å²) in [7, 11) is -4.14. The first kappa shape index (κ1) is 13.9. The third-order valence-electron chi connectivity index (χ3n) is 2.95. The van der Waals surface area contributed by atoms with Gasteiger partial charge in [-0.25, -0.2) is 17.2 Å². The molecule has 2 atom stereocenters. The molecule has 0 amide bonds. The Hall–Kier alpha value is -1.54. The highest BCUT2D eigenvalue weighted by Crippen LogP contribution is 2.28. The third-order valence-corrected chi connectivity index (χ3v) is 4.85. The number of alkyl halides is 1. The van der Waals surface area contributed by atoms with E-state index in [9.17, 15) is 22.0 Å². The van der Waals surface area contributed by atoms with Crippen molar-refractivity contribution >= 4 is 16.0 Å². The zero-order valence-corrected chi connectivity index (χ0v) is 10.5. The summed E-state index contributed by atoms with van der Waals surface area (Å²) in [4.78, 5) is 10.7. The fourth-order valence-electron chi connectivity index (χ4n) is 2.02. The molecule has 104 valence electrons. The van der Waals surface area contributed by atoms with Gasteiger partial charge >= 0.3 is 5.97 Å². The summed E-state index contributed by atoms with van der Waals surface area (Å²) < 4.78 is 51.2. The molecule has 2 rings (SSSR count). The molecular weight excluding hydrogens is 280 g/mol. The van der Waals surface area contributed by atoms with Crippen LogP contribution in [0.2, 0.25) is 0 Å². The van der Waals surface area contributed by atoms with Gasteiger partial charge in [0.25, 0.3) is 0 Å². The van der Waals surface area contributed by atoms with Crippen molar-refractivity contribution in [2.24, 2.45) is 0 Å². The summed E-state index contributed by atoms with van der Waals surface area (Å²) in [5.74, 6) is -2.14. The molecule has 0 unspecified atom stereocenters. The quantitative estimate of drug-likeness (QED) is 0.902. The van der Waals surface area contributed by atoms with Gasteiger partial charge in [0.05, 0.1) is 4.90 Å². The van der Waals surface area contributed by atoms with Gasteiger partial charge in [-0.2, -0.15) is 4.31 Å². The van der Waals surface area contributed by atoms with E-state index in [0.717, 1.165) is 24.3 Å². The smallest absolute Gasteiger partial charge is 0.325 e. The van der Waals surface area contributed by atoms with Gasteiger partial charge in [-0.3, -0.25) is 4.79 Å². The highest BCUT2D eigenvalue weighted by atomic mass is 32.2. The predicted molar refractivity (Wildman–Crippen MR) is 61.2 cm³/mol. The van der Waals surface area contributed by atoms with E-state index >= 15 is 0 Å². The summed E-state index contributed by atoms with van der Waals surface area (Å²) in [6.45, 7) is -0.210. The molecule has 0 saturated carbocycles. The number of sulfonamides is 1. The second-order valence-electron chi connectivity index (χ2n) is 4.16. The van der Waals surface area contributed by atoms with Crippen LogP contribution in [0.25, 0.3) is 0 Å². The molecule has 1 aliphatic heterocycles. The lowest BCUT2D eigenvalue weighted by Crippen LogP contribution is -2.43.